The molecule has 7 nitrogen and oxygen atoms in total. The van der Waals surface area contributed by atoms with Gasteiger partial charge in [0.15, 0.2) is 0 Å². The summed E-state index contributed by atoms with van der Waals surface area (Å²) in [5, 5.41) is 0. The minimum Gasteiger partial charge on any atom is -0.367 e. The lowest BCUT2D eigenvalue weighted by atomic mass is 10.1. The second-order valence-electron chi connectivity index (χ2n) is 6.76. The van der Waals surface area contributed by atoms with Crippen LogP contribution in [0.2, 0.25) is 0 Å². The number of amides is 3. The summed E-state index contributed by atoms with van der Waals surface area (Å²) in [5.41, 5.74) is 1.03. The molecule has 2 saturated heterocycles. The number of carbonyl (C=O) groups is 3. The lowest BCUT2D eigenvalue weighted by molar-refractivity contribution is -0.159. The molecule has 2 aliphatic rings. The highest BCUT2D eigenvalue weighted by Gasteiger charge is 2.35. The first-order valence-corrected chi connectivity index (χ1v) is 9.06. The van der Waals surface area contributed by atoms with E-state index in [-0.39, 0.29) is 24.7 Å². The molecule has 2 fully saturated rings. The van der Waals surface area contributed by atoms with Gasteiger partial charge >= 0.3 is 11.8 Å². The van der Waals surface area contributed by atoms with E-state index in [1.165, 1.54) is 9.80 Å². The van der Waals surface area contributed by atoms with E-state index in [1.807, 2.05) is 44.2 Å². The molecule has 3 rings (SSSR count). The second-order valence-corrected chi connectivity index (χ2v) is 6.76. The number of hydrogen-bond acceptors (Lipinski definition) is 4. The summed E-state index contributed by atoms with van der Waals surface area (Å²) < 4.78 is 5.97. The SMILES string of the molecule is CCN1CCN(CC(=O)N2CC(C)OC(c3ccccc3)C2)C(=O)C1=O. The highest BCUT2D eigenvalue weighted by atomic mass is 16.5. The molecule has 0 bridgehead atoms. The molecule has 1 aromatic rings. The number of likely N-dealkylation sites (N-methyl/N-ethyl adjacent to an activating group) is 1. The van der Waals surface area contributed by atoms with Crippen molar-refractivity contribution in [3.8, 4) is 0 Å². The average molecular weight is 359 g/mol. The topological polar surface area (TPSA) is 70.2 Å². The maximum atomic E-state index is 12.7. The van der Waals surface area contributed by atoms with Crippen LogP contribution in [0.5, 0.6) is 0 Å². The molecule has 0 aromatic heterocycles. The number of ether oxygens (including phenoxy) is 1. The zero-order valence-corrected chi connectivity index (χ0v) is 15.3. The number of carbonyl (C=O) groups excluding carboxylic acids is 3. The van der Waals surface area contributed by atoms with Gasteiger partial charge in [0.25, 0.3) is 0 Å². The summed E-state index contributed by atoms with van der Waals surface area (Å²) in [4.78, 5) is 41.5. The molecule has 0 saturated carbocycles. The number of hydrogen-bond donors (Lipinski definition) is 0. The molecule has 0 radical (unpaired) electrons. The van der Waals surface area contributed by atoms with Crippen LogP contribution in [0.25, 0.3) is 0 Å². The Labute approximate surface area is 153 Å². The van der Waals surface area contributed by atoms with E-state index in [0.29, 0.717) is 32.7 Å². The Morgan fingerprint density at radius 1 is 1.08 bits per heavy atom. The minimum atomic E-state index is -0.590. The third-order valence-electron chi connectivity index (χ3n) is 4.89. The number of morpholine rings is 1. The molecule has 2 atom stereocenters. The largest absolute Gasteiger partial charge is 0.367 e. The van der Waals surface area contributed by atoms with Crippen molar-refractivity contribution in [3.63, 3.8) is 0 Å². The Morgan fingerprint density at radius 2 is 1.73 bits per heavy atom. The molecule has 1 aromatic carbocycles. The minimum absolute atomic E-state index is 0.0592. The summed E-state index contributed by atoms with van der Waals surface area (Å²) in [6, 6.07) is 9.80. The van der Waals surface area contributed by atoms with Crippen molar-refractivity contribution in [2.75, 3.05) is 39.3 Å². The third-order valence-corrected chi connectivity index (χ3v) is 4.89. The van der Waals surface area contributed by atoms with Crippen LogP contribution in [-0.4, -0.2) is 77.8 Å². The molecule has 0 aliphatic carbocycles. The first kappa shape index (κ1) is 18.4. The van der Waals surface area contributed by atoms with Crippen molar-refractivity contribution in [2.45, 2.75) is 26.1 Å². The monoisotopic (exact) mass is 359 g/mol. The second kappa shape index (κ2) is 7.86. The van der Waals surface area contributed by atoms with Crippen molar-refractivity contribution in [1.82, 2.24) is 14.7 Å². The molecule has 2 unspecified atom stereocenters. The first-order valence-electron chi connectivity index (χ1n) is 9.06. The van der Waals surface area contributed by atoms with Crippen LogP contribution in [0.15, 0.2) is 30.3 Å². The molecule has 2 heterocycles. The van der Waals surface area contributed by atoms with Crippen molar-refractivity contribution < 1.29 is 19.1 Å². The van der Waals surface area contributed by atoms with Crippen LogP contribution < -0.4 is 0 Å². The summed E-state index contributed by atoms with van der Waals surface area (Å²) in [6.45, 7) is 6.02. The Balaban J connectivity index is 1.64. The Bertz CT molecular complexity index is 679. The van der Waals surface area contributed by atoms with Crippen LogP contribution in [0.3, 0.4) is 0 Å². The molecule has 0 spiro atoms. The predicted molar refractivity (Wildman–Crippen MR) is 95.1 cm³/mol. The Morgan fingerprint density at radius 3 is 2.42 bits per heavy atom. The van der Waals surface area contributed by atoms with Gasteiger partial charge < -0.3 is 19.4 Å². The maximum absolute atomic E-state index is 12.7. The summed E-state index contributed by atoms with van der Waals surface area (Å²) >= 11 is 0. The molecule has 2 aliphatic heterocycles. The maximum Gasteiger partial charge on any atom is 0.312 e. The summed E-state index contributed by atoms with van der Waals surface area (Å²) in [7, 11) is 0. The Hall–Kier alpha value is -2.41. The van der Waals surface area contributed by atoms with Crippen molar-refractivity contribution in [2.24, 2.45) is 0 Å². The Kier molecular flexibility index (Phi) is 5.56. The smallest absolute Gasteiger partial charge is 0.312 e. The lowest BCUT2D eigenvalue weighted by Crippen LogP contribution is -2.57. The van der Waals surface area contributed by atoms with E-state index >= 15 is 0 Å². The number of piperazine rings is 1. The molecular formula is C19H25N3O4. The molecular weight excluding hydrogens is 334 g/mol. The van der Waals surface area contributed by atoms with Gasteiger partial charge in [-0.1, -0.05) is 30.3 Å². The third kappa shape index (κ3) is 3.88. The highest BCUT2D eigenvalue weighted by Crippen LogP contribution is 2.25. The standard InChI is InChI=1S/C19H25N3O4/c1-3-20-9-10-21(19(25)18(20)24)13-17(23)22-11-14(2)26-16(12-22)15-7-5-4-6-8-15/h4-8,14,16H,3,9-13H2,1-2H3. The zero-order chi connectivity index (χ0) is 18.7. The highest BCUT2D eigenvalue weighted by molar-refractivity contribution is 6.35. The van der Waals surface area contributed by atoms with Gasteiger partial charge in [0, 0.05) is 26.2 Å². The first-order chi connectivity index (χ1) is 12.5. The quantitative estimate of drug-likeness (QED) is 0.741. The van der Waals surface area contributed by atoms with Gasteiger partial charge in [-0.15, -0.1) is 0 Å². The van der Waals surface area contributed by atoms with Gasteiger partial charge in [0.05, 0.1) is 12.6 Å². The van der Waals surface area contributed by atoms with Crippen molar-refractivity contribution in [3.05, 3.63) is 35.9 Å². The van der Waals surface area contributed by atoms with Crippen molar-refractivity contribution >= 4 is 17.7 Å². The summed E-state index contributed by atoms with van der Waals surface area (Å²) in [6.07, 6.45) is -0.273. The van der Waals surface area contributed by atoms with Gasteiger partial charge in [-0.2, -0.15) is 0 Å². The molecule has 26 heavy (non-hydrogen) atoms. The van der Waals surface area contributed by atoms with Gasteiger partial charge in [-0.3, -0.25) is 14.4 Å². The number of rotatable bonds is 4. The number of nitrogens with zero attached hydrogens (tertiary/aromatic N) is 3. The number of benzene rings is 1. The van der Waals surface area contributed by atoms with Gasteiger partial charge in [-0.05, 0) is 19.4 Å². The predicted octanol–water partition coefficient (Wildman–Crippen LogP) is 0.666. The average Bonchev–Trinajstić information content (AvgIpc) is 2.66. The van der Waals surface area contributed by atoms with E-state index in [4.69, 9.17) is 4.74 Å². The molecule has 140 valence electrons. The van der Waals surface area contributed by atoms with Gasteiger partial charge in [0.2, 0.25) is 5.91 Å². The van der Waals surface area contributed by atoms with Crippen LogP contribution >= 0.6 is 0 Å². The van der Waals surface area contributed by atoms with Crippen LogP contribution in [0, 0.1) is 0 Å². The van der Waals surface area contributed by atoms with E-state index in [1.54, 1.807) is 4.90 Å². The van der Waals surface area contributed by atoms with Crippen molar-refractivity contribution in [1.29, 1.82) is 0 Å². The van der Waals surface area contributed by atoms with E-state index < -0.39 is 11.8 Å². The molecule has 0 N–H and O–H groups in total. The fraction of sp³-hybridized carbons (Fsp3) is 0.526. The normalized spacial score (nSPS) is 24.2. The van der Waals surface area contributed by atoms with Gasteiger partial charge in [0.1, 0.15) is 12.6 Å². The molecule has 7 heteroatoms. The molecule has 3 amide bonds. The van der Waals surface area contributed by atoms with Crippen LogP contribution in [0.4, 0.5) is 0 Å². The lowest BCUT2D eigenvalue weighted by Gasteiger charge is -2.39. The van der Waals surface area contributed by atoms with E-state index in [0.717, 1.165) is 5.56 Å². The van der Waals surface area contributed by atoms with Crippen LogP contribution in [-0.2, 0) is 19.1 Å². The fourth-order valence-corrected chi connectivity index (χ4v) is 3.44. The van der Waals surface area contributed by atoms with Crippen LogP contribution in [0.1, 0.15) is 25.5 Å². The van der Waals surface area contributed by atoms with Gasteiger partial charge in [-0.25, -0.2) is 0 Å². The summed E-state index contributed by atoms with van der Waals surface area (Å²) in [5.74, 6) is -1.26. The van der Waals surface area contributed by atoms with E-state index in [2.05, 4.69) is 0 Å². The zero-order valence-electron chi connectivity index (χ0n) is 15.3. The fourth-order valence-electron chi connectivity index (χ4n) is 3.44. The van der Waals surface area contributed by atoms with E-state index in [9.17, 15) is 14.4 Å².